The minimum atomic E-state index is -0.721. The fourth-order valence-corrected chi connectivity index (χ4v) is 3.54. The van der Waals surface area contributed by atoms with Gasteiger partial charge in [0.15, 0.2) is 0 Å². The topological polar surface area (TPSA) is 96.5 Å². The molecule has 3 aromatic carbocycles. The lowest BCUT2D eigenvalue weighted by atomic mass is 9.97. The lowest BCUT2D eigenvalue weighted by Gasteiger charge is -2.24. The fraction of sp³-hybridized carbons (Fsp3) is 0.250. The van der Waals surface area contributed by atoms with Gasteiger partial charge in [-0.15, -0.1) is 0 Å². The second-order valence-corrected chi connectivity index (χ2v) is 8.27. The van der Waals surface area contributed by atoms with Gasteiger partial charge in [0.1, 0.15) is 11.8 Å². The van der Waals surface area contributed by atoms with E-state index in [0.29, 0.717) is 30.0 Å². The molecule has 3 aromatic rings. The van der Waals surface area contributed by atoms with Gasteiger partial charge in [0.25, 0.3) is 11.8 Å². The Bertz CT molecular complexity index is 1150. The van der Waals surface area contributed by atoms with E-state index in [-0.39, 0.29) is 23.3 Å². The number of para-hydroxylation sites is 1. The fourth-order valence-electron chi connectivity index (χ4n) is 3.54. The highest BCUT2D eigenvalue weighted by atomic mass is 16.5. The van der Waals surface area contributed by atoms with Gasteiger partial charge in [0.05, 0.1) is 18.4 Å². The molecule has 0 saturated heterocycles. The van der Waals surface area contributed by atoms with Crippen molar-refractivity contribution in [2.45, 2.75) is 32.9 Å². The standard InChI is InChI=1S/C28H31N3O4/c1-4-19(2)25(28(34)29-18-20-10-6-5-7-11-20)31-27(33)23-12-8-9-13-24(23)30-26(32)21-14-16-22(35-3)17-15-21/h5-17,19,25H,4,18H2,1-3H3,(H,29,34)(H,30,32)(H,31,33)/t19-,25-/m1/s1. The summed E-state index contributed by atoms with van der Waals surface area (Å²) in [5.74, 6) is -0.488. The molecule has 0 unspecified atom stereocenters. The van der Waals surface area contributed by atoms with E-state index >= 15 is 0 Å². The summed E-state index contributed by atoms with van der Waals surface area (Å²) in [5, 5.41) is 8.58. The number of hydrogen-bond acceptors (Lipinski definition) is 4. The van der Waals surface area contributed by atoms with Crippen LogP contribution < -0.4 is 20.7 Å². The number of hydrogen-bond donors (Lipinski definition) is 3. The SMILES string of the molecule is CC[C@@H](C)[C@@H](NC(=O)c1ccccc1NC(=O)c1ccc(OC)cc1)C(=O)NCc1ccccc1. The van der Waals surface area contributed by atoms with Crippen LogP contribution in [0.3, 0.4) is 0 Å². The quantitative estimate of drug-likeness (QED) is 0.406. The Morgan fingerprint density at radius 2 is 1.51 bits per heavy atom. The monoisotopic (exact) mass is 473 g/mol. The number of carbonyl (C=O) groups is 3. The molecule has 3 amide bonds. The van der Waals surface area contributed by atoms with E-state index in [1.54, 1.807) is 55.6 Å². The molecule has 0 bridgehead atoms. The normalized spacial score (nSPS) is 12.2. The first-order valence-corrected chi connectivity index (χ1v) is 11.6. The third kappa shape index (κ3) is 6.93. The summed E-state index contributed by atoms with van der Waals surface area (Å²) in [6, 6.07) is 22.3. The van der Waals surface area contributed by atoms with Gasteiger partial charge < -0.3 is 20.7 Å². The molecule has 0 aliphatic heterocycles. The van der Waals surface area contributed by atoms with Gasteiger partial charge in [0.2, 0.25) is 5.91 Å². The second-order valence-electron chi connectivity index (χ2n) is 8.27. The number of benzene rings is 3. The molecule has 182 valence electrons. The Balaban J connectivity index is 1.72. The van der Waals surface area contributed by atoms with Gasteiger partial charge in [-0.2, -0.15) is 0 Å². The van der Waals surface area contributed by atoms with Gasteiger partial charge in [-0.25, -0.2) is 0 Å². The van der Waals surface area contributed by atoms with Crippen LogP contribution in [0.4, 0.5) is 5.69 Å². The first-order valence-electron chi connectivity index (χ1n) is 11.6. The molecule has 0 fully saturated rings. The zero-order valence-corrected chi connectivity index (χ0v) is 20.2. The van der Waals surface area contributed by atoms with Crippen LogP contribution in [0.2, 0.25) is 0 Å². The van der Waals surface area contributed by atoms with Crippen molar-refractivity contribution in [2.75, 3.05) is 12.4 Å². The predicted octanol–water partition coefficient (Wildman–Crippen LogP) is 4.41. The van der Waals surface area contributed by atoms with Crippen LogP contribution in [0.5, 0.6) is 5.75 Å². The van der Waals surface area contributed by atoms with E-state index in [9.17, 15) is 14.4 Å². The average molecular weight is 474 g/mol. The average Bonchev–Trinajstić information content (AvgIpc) is 2.90. The lowest BCUT2D eigenvalue weighted by Crippen LogP contribution is -2.50. The molecule has 2 atom stereocenters. The van der Waals surface area contributed by atoms with Crippen molar-refractivity contribution in [3.63, 3.8) is 0 Å². The van der Waals surface area contributed by atoms with Crippen molar-refractivity contribution < 1.29 is 19.1 Å². The van der Waals surface area contributed by atoms with Crippen LogP contribution in [0.1, 0.15) is 46.5 Å². The van der Waals surface area contributed by atoms with Gasteiger partial charge in [-0.3, -0.25) is 14.4 Å². The van der Waals surface area contributed by atoms with Crippen LogP contribution in [-0.4, -0.2) is 30.9 Å². The van der Waals surface area contributed by atoms with Gasteiger partial charge in [0, 0.05) is 12.1 Å². The maximum atomic E-state index is 13.2. The number of rotatable bonds is 10. The summed E-state index contributed by atoms with van der Waals surface area (Å²) in [7, 11) is 1.55. The number of methoxy groups -OCH3 is 1. The molecule has 7 heteroatoms. The van der Waals surface area contributed by atoms with E-state index in [4.69, 9.17) is 4.74 Å². The summed E-state index contributed by atoms with van der Waals surface area (Å²) in [6.07, 6.45) is 0.708. The highest BCUT2D eigenvalue weighted by molar-refractivity contribution is 6.09. The van der Waals surface area contributed by atoms with Crippen LogP contribution in [-0.2, 0) is 11.3 Å². The molecule has 0 aromatic heterocycles. The van der Waals surface area contributed by atoms with Crippen LogP contribution in [0, 0.1) is 5.92 Å². The maximum absolute atomic E-state index is 13.2. The van der Waals surface area contributed by atoms with Crippen LogP contribution in [0.15, 0.2) is 78.9 Å². The zero-order valence-electron chi connectivity index (χ0n) is 20.2. The molecule has 3 rings (SSSR count). The minimum absolute atomic E-state index is 0.0872. The van der Waals surface area contributed by atoms with Gasteiger partial charge in [-0.1, -0.05) is 62.7 Å². The van der Waals surface area contributed by atoms with Crippen molar-refractivity contribution in [3.05, 3.63) is 95.6 Å². The lowest BCUT2D eigenvalue weighted by molar-refractivity contribution is -0.124. The molecule has 0 spiro atoms. The predicted molar refractivity (Wildman–Crippen MR) is 136 cm³/mol. The van der Waals surface area contributed by atoms with Crippen molar-refractivity contribution in [3.8, 4) is 5.75 Å². The third-order valence-corrected chi connectivity index (χ3v) is 5.86. The Labute approximate surface area is 205 Å². The second kappa shape index (κ2) is 12.4. The number of anilines is 1. The molecule has 0 radical (unpaired) electrons. The van der Waals surface area contributed by atoms with E-state index in [1.807, 2.05) is 44.2 Å². The van der Waals surface area contributed by atoms with Crippen LogP contribution in [0.25, 0.3) is 0 Å². The summed E-state index contributed by atoms with van der Waals surface area (Å²) in [5.41, 5.74) is 2.04. The number of nitrogens with one attached hydrogen (secondary N) is 3. The molecular formula is C28H31N3O4. The summed E-state index contributed by atoms with van der Waals surface area (Å²) >= 11 is 0. The molecule has 0 aliphatic rings. The summed E-state index contributed by atoms with van der Waals surface area (Å²) in [6.45, 7) is 4.26. The highest BCUT2D eigenvalue weighted by Crippen LogP contribution is 2.19. The first kappa shape index (κ1) is 25.5. The Kier molecular flexibility index (Phi) is 9.01. The van der Waals surface area contributed by atoms with Crippen molar-refractivity contribution in [1.82, 2.24) is 10.6 Å². The third-order valence-electron chi connectivity index (χ3n) is 5.86. The number of carbonyl (C=O) groups excluding carboxylic acids is 3. The zero-order chi connectivity index (χ0) is 25.2. The molecule has 35 heavy (non-hydrogen) atoms. The molecule has 0 heterocycles. The first-order chi connectivity index (χ1) is 16.9. The summed E-state index contributed by atoms with van der Waals surface area (Å²) < 4.78 is 5.13. The molecular weight excluding hydrogens is 442 g/mol. The molecule has 3 N–H and O–H groups in total. The largest absolute Gasteiger partial charge is 0.497 e. The number of amides is 3. The smallest absolute Gasteiger partial charge is 0.255 e. The maximum Gasteiger partial charge on any atom is 0.255 e. The molecule has 0 saturated carbocycles. The molecule has 0 aliphatic carbocycles. The van der Waals surface area contributed by atoms with Crippen LogP contribution >= 0.6 is 0 Å². The van der Waals surface area contributed by atoms with Crippen molar-refractivity contribution >= 4 is 23.4 Å². The highest BCUT2D eigenvalue weighted by Gasteiger charge is 2.27. The van der Waals surface area contributed by atoms with Crippen molar-refractivity contribution in [2.24, 2.45) is 5.92 Å². The number of ether oxygens (including phenoxy) is 1. The van der Waals surface area contributed by atoms with Crippen molar-refractivity contribution in [1.29, 1.82) is 0 Å². The minimum Gasteiger partial charge on any atom is -0.497 e. The summed E-state index contributed by atoms with van der Waals surface area (Å²) in [4.78, 5) is 38.9. The van der Waals surface area contributed by atoms with E-state index in [1.165, 1.54) is 0 Å². The van der Waals surface area contributed by atoms with E-state index < -0.39 is 11.9 Å². The Morgan fingerprint density at radius 3 is 2.17 bits per heavy atom. The van der Waals surface area contributed by atoms with Gasteiger partial charge >= 0.3 is 0 Å². The van der Waals surface area contributed by atoms with E-state index in [2.05, 4.69) is 16.0 Å². The Morgan fingerprint density at radius 1 is 0.857 bits per heavy atom. The Hall–Kier alpha value is -4.13. The van der Waals surface area contributed by atoms with E-state index in [0.717, 1.165) is 5.56 Å². The molecule has 7 nitrogen and oxygen atoms in total. The van der Waals surface area contributed by atoms with Gasteiger partial charge in [-0.05, 0) is 47.9 Å².